The Morgan fingerprint density at radius 1 is 1.20 bits per heavy atom. The molecule has 8 heteroatoms. The third-order valence-electron chi connectivity index (χ3n) is 5.41. The van der Waals surface area contributed by atoms with Crippen molar-refractivity contribution in [2.24, 2.45) is 10.9 Å². The van der Waals surface area contributed by atoms with Gasteiger partial charge in [0, 0.05) is 21.3 Å². The lowest BCUT2D eigenvalue weighted by Crippen LogP contribution is -2.36. The van der Waals surface area contributed by atoms with Gasteiger partial charge in [-0.2, -0.15) is 0 Å². The molecule has 2 aromatic carbocycles. The molecule has 1 N–H and O–H groups in total. The highest BCUT2D eigenvalue weighted by molar-refractivity contribution is 8.18. The van der Waals surface area contributed by atoms with Crippen LogP contribution in [-0.4, -0.2) is 21.1 Å². The largest absolute Gasteiger partial charge is 0.477 e. The summed E-state index contributed by atoms with van der Waals surface area (Å²) in [5.41, 5.74) is 0.939. The van der Waals surface area contributed by atoms with Crippen LogP contribution in [0.1, 0.15) is 37.9 Å². The number of fused-ring (bicyclic) bond motifs is 1. The third-order valence-corrected chi connectivity index (χ3v) is 6.96. The topological polar surface area (TPSA) is 52.9 Å². The minimum atomic E-state index is -0.991. The van der Waals surface area contributed by atoms with E-state index in [2.05, 4.69) is 0 Å². The van der Waals surface area contributed by atoms with Gasteiger partial charge in [0.2, 0.25) is 0 Å². The first kappa shape index (κ1) is 21.2. The van der Waals surface area contributed by atoms with Crippen molar-refractivity contribution in [1.82, 2.24) is 4.90 Å². The Morgan fingerprint density at radius 3 is 2.40 bits per heavy atom. The smallest absolute Gasteiger partial charge is 0.344 e. The number of rotatable bonds is 4. The van der Waals surface area contributed by atoms with E-state index < -0.39 is 23.4 Å². The fourth-order valence-electron chi connectivity index (χ4n) is 4.16. The van der Waals surface area contributed by atoms with Crippen LogP contribution in [0.4, 0.5) is 4.39 Å². The monoisotopic (exact) mass is 464 g/mol. The molecule has 156 valence electrons. The van der Waals surface area contributed by atoms with E-state index in [1.54, 1.807) is 24.3 Å². The molecule has 2 aliphatic rings. The van der Waals surface area contributed by atoms with Gasteiger partial charge in [0.1, 0.15) is 16.3 Å². The van der Waals surface area contributed by atoms with Crippen LogP contribution in [0.3, 0.4) is 0 Å². The Labute approximate surface area is 188 Å². The number of hydrogen-bond acceptors (Lipinski definition) is 4. The number of thioether (sulfide) groups is 1. The SMILES string of the molecule is CC(C)C1=C(C(=O)O)SC2=NC(C)(c3ccc(Cl)cc3F)C(c3ccc(Cl)cc3)N21. The number of aliphatic carboxylic acids is 1. The second-order valence-corrected chi connectivity index (χ2v) is 9.62. The van der Waals surface area contributed by atoms with Crippen molar-refractivity contribution >= 4 is 46.1 Å². The molecule has 0 spiro atoms. The molecule has 0 saturated carbocycles. The lowest BCUT2D eigenvalue weighted by atomic mass is 9.81. The minimum Gasteiger partial charge on any atom is -0.477 e. The zero-order chi connectivity index (χ0) is 21.8. The molecule has 0 aliphatic carbocycles. The second kappa shape index (κ2) is 7.59. The predicted molar refractivity (Wildman–Crippen MR) is 119 cm³/mol. The van der Waals surface area contributed by atoms with Crippen molar-refractivity contribution in [3.63, 3.8) is 0 Å². The van der Waals surface area contributed by atoms with Crippen LogP contribution in [0.15, 0.2) is 58.1 Å². The van der Waals surface area contributed by atoms with Crippen LogP contribution >= 0.6 is 35.0 Å². The van der Waals surface area contributed by atoms with Gasteiger partial charge in [-0.1, -0.05) is 55.2 Å². The molecular formula is C22H19Cl2FN2O2S. The normalized spacial score (nSPS) is 23.2. The van der Waals surface area contributed by atoms with Gasteiger partial charge in [-0.15, -0.1) is 0 Å². The average molecular weight is 465 g/mol. The molecule has 4 rings (SSSR count). The summed E-state index contributed by atoms with van der Waals surface area (Å²) in [5, 5.41) is 11.2. The number of carboxylic acids is 1. The summed E-state index contributed by atoms with van der Waals surface area (Å²) < 4.78 is 15.0. The number of hydrogen-bond donors (Lipinski definition) is 1. The van der Waals surface area contributed by atoms with Gasteiger partial charge in [0.25, 0.3) is 0 Å². The highest BCUT2D eigenvalue weighted by Gasteiger charge is 2.53. The lowest BCUT2D eigenvalue weighted by molar-refractivity contribution is -0.131. The van der Waals surface area contributed by atoms with Gasteiger partial charge >= 0.3 is 5.97 Å². The summed E-state index contributed by atoms with van der Waals surface area (Å²) in [6.45, 7) is 5.75. The zero-order valence-corrected chi connectivity index (χ0v) is 18.8. The van der Waals surface area contributed by atoms with E-state index in [1.807, 2.05) is 37.8 Å². The third kappa shape index (κ3) is 3.31. The lowest BCUT2D eigenvalue weighted by Gasteiger charge is -2.37. The molecule has 0 fully saturated rings. The van der Waals surface area contributed by atoms with E-state index in [0.29, 0.717) is 26.5 Å². The van der Waals surface area contributed by atoms with Gasteiger partial charge < -0.3 is 10.0 Å². The molecule has 0 saturated heterocycles. The average Bonchev–Trinajstić information content (AvgIpc) is 3.15. The number of carboxylic acid groups (broad SMARTS) is 1. The second-order valence-electron chi connectivity index (χ2n) is 7.77. The Kier molecular flexibility index (Phi) is 5.37. The Bertz CT molecular complexity index is 1100. The summed E-state index contributed by atoms with van der Waals surface area (Å²) in [4.78, 5) is 19.0. The van der Waals surface area contributed by atoms with Crippen LogP contribution in [0.2, 0.25) is 10.0 Å². The Hall–Kier alpha value is -2.02. The van der Waals surface area contributed by atoms with Crippen LogP contribution in [0.25, 0.3) is 0 Å². The van der Waals surface area contributed by atoms with Gasteiger partial charge in [-0.25, -0.2) is 14.2 Å². The number of aliphatic imine (C=N–C) groups is 1. The van der Waals surface area contributed by atoms with Crippen LogP contribution in [0, 0.1) is 11.7 Å². The molecule has 2 heterocycles. The molecule has 0 bridgehead atoms. The fraction of sp³-hybridized carbons (Fsp3) is 0.273. The van der Waals surface area contributed by atoms with E-state index >= 15 is 4.39 Å². The predicted octanol–water partition coefficient (Wildman–Crippen LogP) is 6.46. The van der Waals surface area contributed by atoms with E-state index in [4.69, 9.17) is 28.2 Å². The maximum atomic E-state index is 15.0. The number of amidine groups is 1. The fourth-order valence-corrected chi connectivity index (χ4v) is 5.69. The molecular weight excluding hydrogens is 446 g/mol. The molecule has 0 radical (unpaired) electrons. The summed E-state index contributed by atoms with van der Waals surface area (Å²) in [6.07, 6.45) is 0. The van der Waals surface area contributed by atoms with Crippen LogP contribution in [0.5, 0.6) is 0 Å². The molecule has 0 amide bonds. The molecule has 0 aromatic heterocycles. The summed E-state index contributed by atoms with van der Waals surface area (Å²) in [6, 6.07) is 11.4. The molecule has 2 unspecified atom stereocenters. The van der Waals surface area contributed by atoms with E-state index in [-0.39, 0.29) is 10.8 Å². The number of halogens is 3. The van der Waals surface area contributed by atoms with Crippen molar-refractivity contribution in [3.05, 3.63) is 80.1 Å². The Balaban J connectivity index is 1.95. The summed E-state index contributed by atoms with van der Waals surface area (Å²) >= 11 is 13.2. The van der Waals surface area contributed by atoms with Gasteiger partial charge in [0.05, 0.1) is 6.04 Å². The van der Waals surface area contributed by atoms with Crippen molar-refractivity contribution in [2.45, 2.75) is 32.4 Å². The van der Waals surface area contributed by atoms with Crippen LogP contribution in [-0.2, 0) is 10.3 Å². The molecule has 30 heavy (non-hydrogen) atoms. The van der Waals surface area contributed by atoms with Gasteiger partial charge in [-0.05, 0) is 54.4 Å². The van der Waals surface area contributed by atoms with E-state index in [0.717, 1.165) is 17.3 Å². The van der Waals surface area contributed by atoms with Gasteiger partial charge in [-0.3, -0.25) is 0 Å². The van der Waals surface area contributed by atoms with Crippen molar-refractivity contribution in [3.8, 4) is 0 Å². The first-order valence-corrected chi connectivity index (χ1v) is 11.0. The standard InChI is InChI=1S/C22H19Cl2FN2O2S/c1-11(2)17-18(20(28)29)30-21-26-22(3,15-9-8-14(24)10-16(15)25)19(27(17)21)12-4-6-13(23)7-5-12/h4-11,19H,1-3H3,(H,28,29). The zero-order valence-electron chi connectivity index (χ0n) is 16.5. The quantitative estimate of drug-likeness (QED) is 0.563. The minimum absolute atomic E-state index is 0.0662. The maximum absolute atomic E-state index is 15.0. The molecule has 2 aliphatic heterocycles. The molecule has 2 atom stereocenters. The first-order chi connectivity index (χ1) is 14.1. The summed E-state index contributed by atoms with van der Waals surface area (Å²) in [5.74, 6) is -1.51. The van der Waals surface area contributed by atoms with E-state index in [9.17, 15) is 9.90 Å². The van der Waals surface area contributed by atoms with Crippen molar-refractivity contribution in [2.75, 3.05) is 0 Å². The maximum Gasteiger partial charge on any atom is 0.344 e. The van der Waals surface area contributed by atoms with Crippen LogP contribution < -0.4 is 0 Å². The summed E-state index contributed by atoms with van der Waals surface area (Å²) in [7, 11) is 0. The highest BCUT2D eigenvalue weighted by Crippen LogP contribution is 2.56. The van der Waals surface area contributed by atoms with E-state index in [1.165, 1.54) is 6.07 Å². The Morgan fingerprint density at radius 2 is 1.83 bits per heavy atom. The number of carbonyl (C=O) groups is 1. The number of allylic oxidation sites excluding steroid dienone is 1. The van der Waals surface area contributed by atoms with Crippen molar-refractivity contribution < 1.29 is 14.3 Å². The first-order valence-electron chi connectivity index (χ1n) is 9.39. The molecule has 2 aromatic rings. The number of nitrogens with zero attached hydrogens (tertiary/aromatic N) is 2. The molecule has 4 nitrogen and oxygen atoms in total. The van der Waals surface area contributed by atoms with Gasteiger partial charge in [0.15, 0.2) is 5.17 Å². The van der Waals surface area contributed by atoms with Crippen molar-refractivity contribution in [1.29, 1.82) is 0 Å². The number of benzene rings is 2. The highest BCUT2D eigenvalue weighted by atomic mass is 35.5.